The quantitative estimate of drug-likeness (QED) is 0.511. The summed E-state index contributed by atoms with van der Waals surface area (Å²) in [6.07, 6.45) is 7.69. The average molecular weight is 335 g/mol. The third-order valence-corrected chi connectivity index (χ3v) is 3.61. The summed E-state index contributed by atoms with van der Waals surface area (Å²) in [6, 6.07) is 5.22. The largest absolute Gasteiger partial charge is 0.479 e. The van der Waals surface area contributed by atoms with Gasteiger partial charge in [-0.2, -0.15) is 0 Å². The molecule has 1 amide bonds. The van der Waals surface area contributed by atoms with Crippen molar-refractivity contribution in [2.24, 2.45) is 0 Å². The van der Waals surface area contributed by atoms with E-state index in [2.05, 4.69) is 11.2 Å². The number of rotatable bonds is 5. The first-order valence-electron chi connectivity index (χ1n) is 6.77. The summed E-state index contributed by atoms with van der Waals surface area (Å²) in [5, 5.41) is 3.79. The topological polar surface area (TPSA) is 41.6 Å². The second-order valence-corrected chi connectivity index (χ2v) is 5.42. The molecule has 0 unspecified atom stereocenters. The number of carbonyl (C=O) groups is 1. The summed E-state index contributed by atoms with van der Waals surface area (Å²) in [5.74, 6) is 2.76. The third kappa shape index (κ3) is 3.59. The van der Waals surface area contributed by atoms with Crippen LogP contribution in [0.5, 0.6) is 5.75 Å². The Labute approximate surface area is 140 Å². The van der Waals surface area contributed by atoms with Gasteiger partial charge in [0.1, 0.15) is 18.1 Å². The van der Waals surface area contributed by atoms with Gasteiger partial charge in [0.15, 0.2) is 5.11 Å². The van der Waals surface area contributed by atoms with Crippen LogP contribution >= 0.6 is 23.8 Å². The van der Waals surface area contributed by atoms with E-state index in [1.54, 1.807) is 29.2 Å². The molecule has 0 radical (unpaired) electrons. The smallest absolute Gasteiger partial charge is 0.276 e. The molecule has 2 rings (SSSR count). The van der Waals surface area contributed by atoms with Crippen LogP contribution in [0, 0.1) is 12.3 Å². The number of benzene rings is 1. The third-order valence-electron chi connectivity index (χ3n) is 2.99. The first-order chi connectivity index (χ1) is 10.6. The molecule has 1 fully saturated rings. The lowest BCUT2D eigenvalue weighted by atomic mass is 10.2. The van der Waals surface area contributed by atoms with E-state index in [-0.39, 0.29) is 12.5 Å². The predicted octanol–water partition coefficient (Wildman–Crippen LogP) is 2.82. The summed E-state index contributed by atoms with van der Waals surface area (Å²) in [5.41, 5.74) is 1.21. The molecule has 1 aromatic carbocycles. The SMILES string of the molecule is C#CCOc1ccc(/C=C2\NC(=S)N(CCC)C2=O)cc1Cl. The van der Waals surface area contributed by atoms with Crippen LogP contribution in [-0.4, -0.2) is 29.1 Å². The lowest BCUT2D eigenvalue weighted by Crippen LogP contribution is -2.31. The van der Waals surface area contributed by atoms with Crippen molar-refractivity contribution in [2.45, 2.75) is 13.3 Å². The molecule has 22 heavy (non-hydrogen) atoms. The number of halogens is 1. The van der Waals surface area contributed by atoms with E-state index in [1.165, 1.54) is 0 Å². The fourth-order valence-electron chi connectivity index (χ4n) is 2.01. The summed E-state index contributed by atoms with van der Waals surface area (Å²) in [7, 11) is 0. The minimum absolute atomic E-state index is 0.129. The van der Waals surface area contributed by atoms with Gasteiger partial charge < -0.3 is 10.1 Å². The zero-order valence-electron chi connectivity index (χ0n) is 12.1. The van der Waals surface area contributed by atoms with Crippen LogP contribution in [0.4, 0.5) is 0 Å². The van der Waals surface area contributed by atoms with Crippen molar-refractivity contribution in [3.63, 3.8) is 0 Å². The van der Waals surface area contributed by atoms with Crippen LogP contribution in [-0.2, 0) is 4.79 Å². The van der Waals surface area contributed by atoms with Gasteiger partial charge in [0.25, 0.3) is 5.91 Å². The number of hydrogen-bond acceptors (Lipinski definition) is 3. The minimum Gasteiger partial charge on any atom is -0.479 e. The summed E-state index contributed by atoms with van der Waals surface area (Å²) >= 11 is 11.3. The van der Waals surface area contributed by atoms with Gasteiger partial charge in [-0.1, -0.05) is 30.5 Å². The fourth-order valence-corrected chi connectivity index (χ4v) is 2.54. The Balaban J connectivity index is 2.20. The van der Waals surface area contributed by atoms with Crippen LogP contribution in [0.2, 0.25) is 5.02 Å². The highest BCUT2D eigenvalue weighted by molar-refractivity contribution is 7.80. The molecule has 0 bridgehead atoms. The normalized spacial score (nSPS) is 15.9. The van der Waals surface area contributed by atoms with Gasteiger partial charge in [0.2, 0.25) is 0 Å². The Bertz CT molecular complexity index is 679. The zero-order chi connectivity index (χ0) is 16.1. The number of nitrogens with zero attached hydrogens (tertiary/aromatic N) is 1. The number of terminal acetylenes is 1. The van der Waals surface area contributed by atoms with E-state index < -0.39 is 0 Å². The summed E-state index contributed by atoms with van der Waals surface area (Å²) in [4.78, 5) is 13.8. The minimum atomic E-state index is -0.129. The van der Waals surface area contributed by atoms with E-state index in [1.807, 2.05) is 6.92 Å². The molecule has 0 saturated carbocycles. The molecule has 0 atom stereocenters. The van der Waals surface area contributed by atoms with E-state index in [0.717, 1.165) is 12.0 Å². The Hall–Kier alpha value is -2.03. The van der Waals surface area contributed by atoms with E-state index in [4.69, 9.17) is 35.0 Å². The average Bonchev–Trinajstić information content (AvgIpc) is 2.74. The number of thiocarbonyl (C=S) groups is 1. The van der Waals surface area contributed by atoms with Gasteiger partial charge >= 0.3 is 0 Å². The van der Waals surface area contributed by atoms with E-state index in [9.17, 15) is 4.79 Å². The van der Waals surface area contributed by atoms with E-state index in [0.29, 0.717) is 28.1 Å². The lowest BCUT2D eigenvalue weighted by Gasteiger charge is -2.11. The van der Waals surface area contributed by atoms with Crippen molar-refractivity contribution >= 4 is 40.9 Å². The molecule has 0 spiro atoms. The van der Waals surface area contributed by atoms with Crippen molar-refractivity contribution < 1.29 is 9.53 Å². The molecule has 1 heterocycles. The van der Waals surface area contributed by atoms with Crippen molar-refractivity contribution in [1.82, 2.24) is 10.2 Å². The number of carbonyl (C=O) groups excluding carboxylic acids is 1. The highest BCUT2D eigenvalue weighted by atomic mass is 35.5. The van der Waals surface area contributed by atoms with Gasteiger partial charge in [-0.25, -0.2) is 0 Å². The van der Waals surface area contributed by atoms with Crippen molar-refractivity contribution in [2.75, 3.05) is 13.2 Å². The van der Waals surface area contributed by atoms with Crippen molar-refractivity contribution in [1.29, 1.82) is 0 Å². The van der Waals surface area contributed by atoms with Crippen LogP contribution in [0.15, 0.2) is 23.9 Å². The molecule has 1 saturated heterocycles. The van der Waals surface area contributed by atoms with Gasteiger partial charge in [-0.15, -0.1) is 6.42 Å². The van der Waals surface area contributed by atoms with Gasteiger partial charge in [-0.05, 0) is 42.4 Å². The molecule has 4 nitrogen and oxygen atoms in total. The van der Waals surface area contributed by atoms with Gasteiger partial charge in [0, 0.05) is 6.54 Å². The molecule has 0 aliphatic carbocycles. The molecule has 1 aliphatic heterocycles. The maximum Gasteiger partial charge on any atom is 0.276 e. The highest BCUT2D eigenvalue weighted by Crippen LogP contribution is 2.26. The van der Waals surface area contributed by atoms with Crippen LogP contribution in [0.25, 0.3) is 6.08 Å². The maximum absolute atomic E-state index is 12.2. The maximum atomic E-state index is 12.2. The van der Waals surface area contributed by atoms with Crippen molar-refractivity contribution in [3.05, 3.63) is 34.5 Å². The van der Waals surface area contributed by atoms with Crippen molar-refractivity contribution in [3.8, 4) is 18.1 Å². The zero-order valence-corrected chi connectivity index (χ0v) is 13.6. The fraction of sp³-hybridized carbons (Fsp3) is 0.250. The summed E-state index contributed by atoms with van der Waals surface area (Å²) < 4.78 is 5.30. The van der Waals surface area contributed by atoms with Crippen LogP contribution in [0.1, 0.15) is 18.9 Å². The molecule has 1 aliphatic rings. The Morgan fingerprint density at radius 3 is 2.95 bits per heavy atom. The molecule has 114 valence electrons. The molecular formula is C16H15ClN2O2S. The number of hydrogen-bond donors (Lipinski definition) is 1. The molecular weight excluding hydrogens is 320 g/mol. The standard InChI is InChI=1S/C16H15ClN2O2S/c1-3-7-19-15(20)13(18-16(19)22)10-11-5-6-14(12(17)9-11)21-8-4-2/h2,5-6,9-10H,3,7-8H2,1H3,(H,18,22)/b13-10-. The highest BCUT2D eigenvalue weighted by Gasteiger charge is 2.29. The monoisotopic (exact) mass is 334 g/mol. The summed E-state index contributed by atoms with van der Waals surface area (Å²) in [6.45, 7) is 2.74. The second kappa shape index (κ2) is 7.30. The second-order valence-electron chi connectivity index (χ2n) is 4.63. The first kappa shape index (κ1) is 16.3. The van der Waals surface area contributed by atoms with Crippen LogP contribution < -0.4 is 10.1 Å². The van der Waals surface area contributed by atoms with E-state index >= 15 is 0 Å². The predicted molar refractivity (Wildman–Crippen MR) is 91.5 cm³/mol. The van der Waals surface area contributed by atoms with Gasteiger partial charge in [-0.3, -0.25) is 9.69 Å². The Morgan fingerprint density at radius 2 is 2.32 bits per heavy atom. The number of ether oxygens (including phenoxy) is 1. The lowest BCUT2D eigenvalue weighted by molar-refractivity contribution is -0.122. The molecule has 0 aromatic heterocycles. The Kier molecular flexibility index (Phi) is 5.42. The molecule has 6 heteroatoms. The van der Waals surface area contributed by atoms with Gasteiger partial charge in [0.05, 0.1) is 5.02 Å². The molecule has 1 N–H and O–H groups in total. The number of amides is 1. The Morgan fingerprint density at radius 1 is 1.55 bits per heavy atom. The van der Waals surface area contributed by atoms with Crippen LogP contribution in [0.3, 0.4) is 0 Å². The number of nitrogens with one attached hydrogen (secondary N) is 1. The first-order valence-corrected chi connectivity index (χ1v) is 7.55. The molecule has 1 aromatic rings.